The van der Waals surface area contributed by atoms with E-state index in [9.17, 15) is 23.8 Å². The van der Waals surface area contributed by atoms with Crippen molar-refractivity contribution in [3.63, 3.8) is 0 Å². The second kappa shape index (κ2) is 11.9. The summed E-state index contributed by atoms with van der Waals surface area (Å²) in [6.07, 6.45) is 1.11. The van der Waals surface area contributed by atoms with E-state index in [1.807, 2.05) is 17.0 Å². The van der Waals surface area contributed by atoms with Crippen molar-refractivity contribution in [3.8, 4) is 5.75 Å². The van der Waals surface area contributed by atoms with E-state index < -0.39 is 22.8 Å². The van der Waals surface area contributed by atoms with Gasteiger partial charge in [0.05, 0.1) is 12.1 Å². The van der Waals surface area contributed by atoms with Crippen LogP contribution < -0.4 is 9.64 Å². The average molecular weight is 534 g/mol. The number of amides is 1. The van der Waals surface area contributed by atoms with Gasteiger partial charge in [-0.1, -0.05) is 18.2 Å². The maximum absolute atomic E-state index is 13.6. The third-order valence-corrected chi connectivity index (χ3v) is 7.32. The highest BCUT2D eigenvalue weighted by atomic mass is 19.1. The number of ether oxygens (including phenoxy) is 2. The van der Waals surface area contributed by atoms with Crippen molar-refractivity contribution in [3.05, 3.63) is 59.7 Å². The summed E-state index contributed by atoms with van der Waals surface area (Å²) < 4.78 is 37.9. The molecule has 38 heavy (non-hydrogen) atoms. The Morgan fingerprint density at radius 2 is 1.66 bits per heavy atom. The van der Waals surface area contributed by atoms with Gasteiger partial charge >= 0.3 is 0 Å². The molecule has 2 aromatic carbocycles. The minimum absolute atomic E-state index is 0.0387. The first-order valence-corrected chi connectivity index (χ1v) is 12.9. The summed E-state index contributed by atoms with van der Waals surface area (Å²) in [4.78, 5) is 18.4. The molecule has 2 aliphatic heterocycles. The highest BCUT2D eigenvalue weighted by Crippen LogP contribution is 2.30. The molecule has 2 fully saturated rings. The summed E-state index contributed by atoms with van der Waals surface area (Å²) in [6, 6.07) is 11.0. The molecule has 0 radical (unpaired) electrons. The van der Waals surface area contributed by atoms with E-state index in [4.69, 9.17) is 9.47 Å². The zero-order valence-corrected chi connectivity index (χ0v) is 22.0. The fourth-order valence-corrected chi connectivity index (χ4v) is 5.38. The van der Waals surface area contributed by atoms with Gasteiger partial charge in [-0.2, -0.15) is 0 Å². The van der Waals surface area contributed by atoms with Gasteiger partial charge in [-0.15, -0.1) is 0 Å². The number of aliphatic hydroxyl groups is 2. The Kier molecular flexibility index (Phi) is 8.87. The number of hydrogen-bond donors (Lipinski definition) is 2. The van der Waals surface area contributed by atoms with Crippen LogP contribution in [0.2, 0.25) is 0 Å². The molecule has 10 heteroatoms. The number of anilines is 1. The van der Waals surface area contributed by atoms with Crippen molar-refractivity contribution in [1.29, 1.82) is 0 Å². The highest BCUT2D eigenvalue weighted by Gasteiger charge is 2.41. The molecule has 0 aliphatic carbocycles. The number of methoxy groups -OCH3 is 1. The van der Waals surface area contributed by atoms with Crippen LogP contribution in [-0.2, 0) is 9.53 Å². The number of para-hydroxylation sites is 1. The fourth-order valence-electron chi connectivity index (χ4n) is 5.38. The van der Waals surface area contributed by atoms with Gasteiger partial charge in [0.15, 0.2) is 0 Å². The minimum Gasteiger partial charge on any atom is -0.490 e. The fraction of sp³-hybridized carbons (Fsp3) is 0.536. The number of β-amino-alcohol motifs (C(OH)–C–C–N with tert-alkyl or cyclic N) is 2. The van der Waals surface area contributed by atoms with Gasteiger partial charge in [-0.3, -0.25) is 9.69 Å². The van der Waals surface area contributed by atoms with Crippen LogP contribution in [0.3, 0.4) is 0 Å². The van der Waals surface area contributed by atoms with Gasteiger partial charge in [0.2, 0.25) is 5.91 Å². The molecule has 0 saturated carbocycles. The van der Waals surface area contributed by atoms with Gasteiger partial charge < -0.3 is 29.5 Å². The first-order valence-electron chi connectivity index (χ1n) is 12.9. The Bertz CT molecular complexity index is 1090. The Morgan fingerprint density at radius 1 is 0.974 bits per heavy atom. The number of halogens is 2. The lowest BCUT2D eigenvalue weighted by atomic mass is 9.89. The highest BCUT2D eigenvalue weighted by molar-refractivity contribution is 5.77. The van der Waals surface area contributed by atoms with Crippen LogP contribution in [0, 0.1) is 18.6 Å². The van der Waals surface area contributed by atoms with Crippen LogP contribution in [0.4, 0.5) is 14.5 Å². The van der Waals surface area contributed by atoms with E-state index in [1.54, 1.807) is 0 Å². The van der Waals surface area contributed by atoms with Crippen molar-refractivity contribution >= 4 is 11.6 Å². The molecule has 0 unspecified atom stereocenters. The molecule has 2 saturated heterocycles. The van der Waals surface area contributed by atoms with Gasteiger partial charge in [0.25, 0.3) is 0 Å². The van der Waals surface area contributed by atoms with Crippen molar-refractivity contribution in [2.24, 2.45) is 0 Å². The lowest BCUT2D eigenvalue weighted by molar-refractivity contribution is -0.138. The molecule has 208 valence electrons. The van der Waals surface area contributed by atoms with E-state index in [1.165, 1.54) is 17.6 Å². The summed E-state index contributed by atoms with van der Waals surface area (Å²) in [5.74, 6) is -1.91. The largest absolute Gasteiger partial charge is 0.490 e. The molecule has 4 rings (SSSR count). The van der Waals surface area contributed by atoms with Crippen molar-refractivity contribution in [2.45, 2.75) is 31.0 Å². The van der Waals surface area contributed by atoms with Gasteiger partial charge in [0.1, 0.15) is 36.2 Å². The predicted molar refractivity (Wildman–Crippen MR) is 139 cm³/mol. The lowest BCUT2D eigenvalue weighted by Crippen LogP contribution is -2.56. The molecule has 2 heterocycles. The first kappa shape index (κ1) is 28.2. The van der Waals surface area contributed by atoms with Gasteiger partial charge in [-0.25, -0.2) is 8.78 Å². The smallest absolute Gasteiger partial charge is 0.248 e. The molecule has 1 atom stereocenters. The number of benzene rings is 2. The molecule has 2 aliphatic rings. The Balaban J connectivity index is 1.45. The third-order valence-electron chi connectivity index (χ3n) is 7.32. The maximum Gasteiger partial charge on any atom is 0.248 e. The third kappa shape index (κ3) is 7.19. The van der Waals surface area contributed by atoms with Crippen molar-refractivity contribution in [1.82, 2.24) is 9.80 Å². The lowest BCUT2D eigenvalue weighted by Gasteiger charge is -2.43. The monoisotopic (exact) mass is 533 g/mol. The second-order valence-electron chi connectivity index (χ2n) is 10.6. The van der Waals surface area contributed by atoms with E-state index in [-0.39, 0.29) is 38.0 Å². The van der Waals surface area contributed by atoms with Crippen LogP contribution in [0.15, 0.2) is 42.5 Å². The number of carbonyl (C=O) groups is 1. The number of nitrogens with zero attached hydrogens (tertiary/aromatic N) is 3. The van der Waals surface area contributed by atoms with E-state index in [2.05, 4.69) is 24.0 Å². The average Bonchev–Trinajstić information content (AvgIpc) is 3.02. The topological polar surface area (TPSA) is 85.7 Å². The van der Waals surface area contributed by atoms with Crippen molar-refractivity contribution in [2.75, 3.05) is 71.0 Å². The second-order valence-corrected chi connectivity index (χ2v) is 10.6. The number of aryl methyl sites for hydroxylation is 1. The molecule has 0 bridgehead atoms. The summed E-state index contributed by atoms with van der Waals surface area (Å²) in [7, 11) is 1.43. The molecular formula is C28H37F2N3O5. The van der Waals surface area contributed by atoms with Gasteiger partial charge in [-0.05, 0) is 31.4 Å². The Morgan fingerprint density at radius 3 is 2.32 bits per heavy atom. The Hall–Kier alpha value is -2.79. The molecule has 0 aromatic heterocycles. The zero-order valence-electron chi connectivity index (χ0n) is 22.0. The van der Waals surface area contributed by atoms with E-state index >= 15 is 0 Å². The standard InChI is InChI=1S/C28H37F2N3O5/c1-21-5-3-4-6-25(21)32-9-7-27(35,8-10-32)17-31-11-12-33(26(34)16-37-2)19-28(36,18-31)20-38-24-14-22(29)13-23(30)15-24/h3-6,13-15,35-36H,7-12,16-20H2,1-2H3/t28-/m1/s1. The van der Waals surface area contributed by atoms with Crippen LogP contribution in [-0.4, -0.2) is 103 Å². The minimum atomic E-state index is -1.54. The van der Waals surface area contributed by atoms with E-state index in [0.29, 0.717) is 45.6 Å². The maximum atomic E-state index is 13.6. The molecule has 2 aromatic rings. The quantitative estimate of drug-likeness (QED) is 0.538. The van der Waals surface area contributed by atoms with Crippen LogP contribution in [0.5, 0.6) is 5.75 Å². The summed E-state index contributed by atoms with van der Waals surface area (Å²) >= 11 is 0. The van der Waals surface area contributed by atoms with Gasteiger partial charge in [0, 0.05) is 70.3 Å². The van der Waals surface area contributed by atoms with Crippen LogP contribution in [0.1, 0.15) is 18.4 Å². The van der Waals surface area contributed by atoms with Crippen LogP contribution in [0.25, 0.3) is 0 Å². The summed E-state index contributed by atoms with van der Waals surface area (Å²) in [5.41, 5.74) is -0.148. The number of carbonyl (C=O) groups excluding carboxylic acids is 1. The molecule has 2 N–H and O–H groups in total. The van der Waals surface area contributed by atoms with Crippen molar-refractivity contribution < 1.29 is 33.3 Å². The molecule has 0 spiro atoms. The molecule has 1 amide bonds. The summed E-state index contributed by atoms with van der Waals surface area (Å²) in [6.45, 7) is 4.23. The molecular weight excluding hydrogens is 496 g/mol. The number of rotatable bonds is 8. The number of hydrogen-bond acceptors (Lipinski definition) is 7. The first-order chi connectivity index (χ1) is 18.1. The summed E-state index contributed by atoms with van der Waals surface area (Å²) in [5, 5.41) is 23.0. The zero-order chi connectivity index (χ0) is 27.3. The predicted octanol–water partition coefficient (Wildman–Crippen LogP) is 2.21. The van der Waals surface area contributed by atoms with E-state index in [0.717, 1.165) is 23.9 Å². The SMILES string of the molecule is COCC(=O)N1CCN(CC2(O)CCN(c3ccccc3C)CC2)C[C@](O)(COc2cc(F)cc(F)c2)C1. The Labute approximate surface area is 222 Å². The normalized spacial score (nSPS) is 22.3. The number of piperidine rings is 1. The molecule has 8 nitrogen and oxygen atoms in total. The van der Waals surface area contributed by atoms with Crippen LogP contribution >= 0.6 is 0 Å².